The highest BCUT2D eigenvalue weighted by atomic mass is 16.6. The Labute approximate surface area is 134 Å². The van der Waals surface area contributed by atoms with E-state index >= 15 is 0 Å². The number of alkyl carbamates (subject to hydrolysis) is 1. The molecule has 0 bridgehead atoms. The molecule has 0 spiro atoms. The van der Waals surface area contributed by atoms with Crippen LogP contribution in [0.25, 0.3) is 10.9 Å². The predicted molar refractivity (Wildman–Crippen MR) is 85.4 cm³/mol. The van der Waals surface area contributed by atoms with Gasteiger partial charge in [-0.25, -0.2) is 4.79 Å². The number of fused-ring (bicyclic) bond motifs is 3. The van der Waals surface area contributed by atoms with Gasteiger partial charge in [-0.15, -0.1) is 0 Å². The van der Waals surface area contributed by atoms with Crippen molar-refractivity contribution in [2.45, 2.75) is 45.1 Å². The highest BCUT2D eigenvalue weighted by Gasteiger charge is 2.37. The van der Waals surface area contributed by atoms with E-state index in [-0.39, 0.29) is 0 Å². The Kier molecular flexibility index (Phi) is 3.64. The summed E-state index contributed by atoms with van der Waals surface area (Å²) in [5.41, 5.74) is 1.28. The lowest BCUT2D eigenvalue weighted by molar-refractivity contribution is 0.0436. The van der Waals surface area contributed by atoms with E-state index in [2.05, 4.69) is 5.32 Å². The zero-order valence-corrected chi connectivity index (χ0v) is 13.4. The minimum Gasteiger partial charge on any atom is -0.444 e. The summed E-state index contributed by atoms with van der Waals surface area (Å²) in [6.07, 6.45) is -0.771. The molecule has 0 saturated carbocycles. The van der Waals surface area contributed by atoms with Crippen molar-refractivity contribution in [3.63, 3.8) is 0 Å². The van der Waals surface area contributed by atoms with Gasteiger partial charge in [-0.05, 0) is 26.8 Å². The number of hydrogen-bond donors (Lipinski definition) is 2. The van der Waals surface area contributed by atoms with Crippen molar-refractivity contribution in [2.24, 2.45) is 0 Å². The lowest BCUT2D eigenvalue weighted by Crippen LogP contribution is -2.41. The molecule has 0 aliphatic carbocycles. The summed E-state index contributed by atoms with van der Waals surface area (Å²) in [5.74, 6) is 0. The van der Waals surface area contributed by atoms with E-state index in [9.17, 15) is 14.7 Å². The van der Waals surface area contributed by atoms with Crippen LogP contribution in [-0.4, -0.2) is 33.7 Å². The Bertz CT molecular complexity index is 773. The summed E-state index contributed by atoms with van der Waals surface area (Å²) in [6, 6.07) is 6.96. The number of carbonyl (C=O) groups is 2. The Balaban J connectivity index is 1.89. The normalized spacial score (nSPS) is 20.3. The van der Waals surface area contributed by atoms with Crippen LogP contribution in [0, 0.1) is 0 Å². The summed E-state index contributed by atoms with van der Waals surface area (Å²) >= 11 is 0. The van der Waals surface area contributed by atoms with Gasteiger partial charge < -0.3 is 19.7 Å². The lowest BCUT2D eigenvalue weighted by atomic mass is 10.1. The van der Waals surface area contributed by atoms with Crippen molar-refractivity contribution < 1.29 is 19.4 Å². The maximum absolute atomic E-state index is 11.9. The highest BCUT2D eigenvalue weighted by molar-refractivity contribution is 6.00. The average Bonchev–Trinajstić information content (AvgIpc) is 2.93. The van der Waals surface area contributed by atoms with Gasteiger partial charge in [-0.2, -0.15) is 0 Å². The number of aldehydes is 1. The number of hydrogen-bond acceptors (Lipinski definition) is 4. The minimum absolute atomic E-state index is 0.393. The molecular weight excluding hydrogens is 296 g/mol. The van der Waals surface area contributed by atoms with E-state index in [4.69, 9.17) is 4.74 Å². The molecule has 2 aromatic rings. The number of nitrogens with zero attached hydrogens (tertiary/aromatic N) is 1. The summed E-state index contributed by atoms with van der Waals surface area (Å²) in [4.78, 5) is 23.4. The van der Waals surface area contributed by atoms with Gasteiger partial charge in [0.25, 0.3) is 0 Å². The van der Waals surface area contributed by atoms with Crippen LogP contribution in [0.4, 0.5) is 4.79 Å². The molecule has 0 fully saturated rings. The van der Waals surface area contributed by atoms with E-state index in [0.717, 1.165) is 17.2 Å². The zero-order chi connectivity index (χ0) is 16.8. The second-order valence-corrected chi connectivity index (χ2v) is 6.74. The Morgan fingerprint density at radius 3 is 2.74 bits per heavy atom. The third-order valence-corrected chi connectivity index (χ3v) is 3.91. The van der Waals surface area contributed by atoms with Gasteiger partial charge in [0.2, 0.25) is 0 Å². The van der Waals surface area contributed by atoms with Crippen molar-refractivity contribution in [1.82, 2.24) is 9.88 Å². The first kappa shape index (κ1) is 15.6. The molecule has 2 atom stereocenters. The van der Waals surface area contributed by atoms with E-state index in [1.165, 1.54) is 0 Å². The van der Waals surface area contributed by atoms with Crippen molar-refractivity contribution in [3.05, 3.63) is 35.5 Å². The van der Waals surface area contributed by atoms with Crippen LogP contribution in [-0.2, 0) is 11.3 Å². The largest absolute Gasteiger partial charge is 0.444 e. The van der Waals surface area contributed by atoms with Crippen molar-refractivity contribution >= 4 is 23.3 Å². The van der Waals surface area contributed by atoms with Crippen molar-refractivity contribution in [3.8, 4) is 0 Å². The number of para-hydroxylation sites is 1. The van der Waals surface area contributed by atoms with Crippen molar-refractivity contribution in [1.29, 1.82) is 0 Å². The third kappa shape index (κ3) is 2.70. The van der Waals surface area contributed by atoms with Crippen LogP contribution in [0.1, 0.15) is 42.9 Å². The Morgan fingerprint density at radius 2 is 2.09 bits per heavy atom. The molecule has 122 valence electrons. The third-order valence-electron chi connectivity index (χ3n) is 3.91. The molecule has 0 unspecified atom stereocenters. The molecule has 23 heavy (non-hydrogen) atoms. The van der Waals surface area contributed by atoms with Crippen LogP contribution in [0.3, 0.4) is 0 Å². The van der Waals surface area contributed by atoms with Crippen LogP contribution < -0.4 is 5.32 Å². The standard InChI is InChI=1S/C17H20N2O4/c1-17(2,3)23-16(22)18-12-8-19-13-7-5-4-6-10(13)11(9-20)14(19)15(12)21/h4-7,9,12,15,21H,8H2,1-3H3,(H,18,22)/t12-,15-/m0/s1. The highest BCUT2D eigenvalue weighted by Crippen LogP contribution is 2.36. The molecule has 1 aliphatic rings. The number of benzene rings is 1. The lowest BCUT2D eigenvalue weighted by Gasteiger charge is -2.23. The number of aromatic nitrogens is 1. The topological polar surface area (TPSA) is 80.6 Å². The number of aliphatic hydroxyl groups excluding tert-OH is 1. The smallest absolute Gasteiger partial charge is 0.408 e. The molecule has 6 heteroatoms. The number of ether oxygens (including phenoxy) is 1. The Morgan fingerprint density at radius 1 is 1.39 bits per heavy atom. The van der Waals surface area contributed by atoms with E-state index in [1.807, 2.05) is 28.8 Å². The van der Waals surface area contributed by atoms with E-state index < -0.39 is 23.8 Å². The van der Waals surface area contributed by atoms with E-state index in [1.54, 1.807) is 20.8 Å². The second-order valence-electron chi connectivity index (χ2n) is 6.74. The SMILES string of the molecule is CC(C)(C)OC(=O)N[C@H]1Cn2c(c(C=O)c3ccccc32)[C@H]1O. The predicted octanol–water partition coefficient (Wildman–Crippen LogP) is 2.39. The van der Waals surface area contributed by atoms with Crippen molar-refractivity contribution in [2.75, 3.05) is 0 Å². The molecule has 1 amide bonds. The average molecular weight is 316 g/mol. The van der Waals surface area contributed by atoms with Gasteiger partial charge in [0.05, 0.1) is 11.7 Å². The molecule has 1 aliphatic heterocycles. The molecule has 0 radical (unpaired) electrons. The van der Waals surface area contributed by atoms with Crippen LogP contribution in [0.5, 0.6) is 0 Å². The van der Waals surface area contributed by atoms with Gasteiger partial charge in [0.1, 0.15) is 11.7 Å². The molecule has 1 aromatic carbocycles. The molecular formula is C17H20N2O4. The summed E-state index contributed by atoms with van der Waals surface area (Å²) in [6.45, 7) is 5.72. The second kappa shape index (κ2) is 5.38. The monoisotopic (exact) mass is 316 g/mol. The fourth-order valence-electron chi connectivity index (χ4n) is 3.06. The minimum atomic E-state index is -0.949. The summed E-state index contributed by atoms with van der Waals surface area (Å²) in [5, 5.41) is 14.0. The van der Waals surface area contributed by atoms with Gasteiger partial charge >= 0.3 is 6.09 Å². The molecule has 3 rings (SSSR count). The van der Waals surface area contributed by atoms with Crippen LogP contribution in [0.2, 0.25) is 0 Å². The molecule has 2 N–H and O–H groups in total. The quantitative estimate of drug-likeness (QED) is 0.834. The summed E-state index contributed by atoms with van der Waals surface area (Å²) in [7, 11) is 0. The first-order valence-electron chi connectivity index (χ1n) is 7.55. The molecule has 1 aromatic heterocycles. The fourth-order valence-corrected chi connectivity index (χ4v) is 3.06. The number of aliphatic hydroxyl groups is 1. The molecule has 0 saturated heterocycles. The van der Waals surface area contributed by atoms with Gasteiger partial charge in [-0.1, -0.05) is 18.2 Å². The maximum Gasteiger partial charge on any atom is 0.408 e. The van der Waals surface area contributed by atoms with E-state index in [0.29, 0.717) is 17.8 Å². The number of nitrogens with one attached hydrogen (secondary N) is 1. The summed E-state index contributed by atoms with van der Waals surface area (Å²) < 4.78 is 7.11. The van der Waals surface area contributed by atoms with Crippen LogP contribution >= 0.6 is 0 Å². The number of amides is 1. The van der Waals surface area contributed by atoms with Gasteiger partial charge in [0.15, 0.2) is 6.29 Å². The molecule has 2 heterocycles. The maximum atomic E-state index is 11.9. The number of carbonyl (C=O) groups excluding carboxylic acids is 2. The van der Waals surface area contributed by atoms with Gasteiger partial charge in [0, 0.05) is 23.0 Å². The first-order chi connectivity index (χ1) is 10.8. The fraction of sp³-hybridized carbons (Fsp3) is 0.412. The Hall–Kier alpha value is -2.34. The van der Waals surface area contributed by atoms with Crippen LogP contribution in [0.15, 0.2) is 24.3 Å². The zero-order valence-electron chi connectivity index (χ0n) is 13.4. The van der Waals surface area contributed by atoms with Gasteiger partial charge in [-0.3, -0.25) is 4.79 Å². The number of rotatable bonds is 2. The first-order valence-corrected chi connectivity index (χ1v) is 7.55. The molecule has 6 nitrogen and oxygen atoms in total.